The van der Waals surface area contributed by atoms with E-state index in [1.807, 2.05) is 0 Å². The maximum absolute atomic E-state index is 13.5. The third-order valence-electron chi connectivity index (χ3n) is 3.93. The predicted molar refractivity (Wildman–Crippen MR) is 107 cm³/mol. The number of ether oxygens (including phenoxy) is 1. The smallest absolute Gasteiger partial charge is 0.419 e. The Kier molecular flexibility index (Phi) is 7.21. The molecule has 1 aromatic carbocycles. The molecular formula is C19H21F4N5O4. The van der Waals surface area contributed by atoms with Gasteiger partial charge in [0.15, 0.2) is 0 Å². The van der Waals surface area contributed by atoms with Crippen molar-refractivity contribution >= 4 is 23.3 Å². The summed E-state index contributed by atoms with van der Waals surface area (Å²) in [7, 11) is 1.39. The van der Waals surface area contributed by atoms with Gasteiger partial charge in [-0.1, -0.05) is 6.07 Å². The third-order valence-corrected chi connectivity index (χ3v) is 3.93. The SMILES string of the molecule is CN(CC(=O)OC(C)(C)C)c1ncnc(NCc2ccc(F)c(C(F)(F)F)c2)c1[N+](=O)[O-]. The minimum atomic E-state index is -4.89. The first kappa shape index (κ1) is 24.8. The highest BCUT2D eigenvalue weighted by Gasteiger charge is 2.34. The summed E-state index contributed by atoms with van der Waals surface area (Å²) in [6, 6.07) is 2.37. The molecule has 9 nitrogen and oxygen atoms in total. The summed E-state index contributed by atoms with van der Waals surface area (Å²) >= 11 is 0. The summed E-state index contributed by atoms with van der Waals surface area (Å²) in [5, 5.41) is 14.2. The van der Waals surface area contributed by atoms with E-state index in [1.165, 1.54) is 11.9 Å². The van der Waals surface area contributed by atoms with Gasteiger partial charge in [0.05, 0.1) is 10.5 Å². The van der Waals surface area contributed by atoms with Gasteiger partial charge >= 0.3 is 17.8 Å². The summed E-state index contributed by atoms with van der Waals surface area (Å²) in [5.74, 6) is -2.56. The number of nitro groups is 1. The van der Waals surface area contributed by atoms with E-state index >= 15 is 0 Å². The van der Waals surface area contributed by atoms with Gasteiger partial charge in [-0.25, -0.2) is 14.4 Å². The summed E-state index contributed by atoms with van der Waals surface area (Å²) in [6.07, 6.45) is -3.89. The highest BCUT2D eigenvalue weighted by atomic mass is 19.4. The van der Waals surface area contributed by atoms with Crippen molar-refractivity contribution in [2.24, 2.45) is 0 Å². The van der Waals surface area contributed by atoms with Crippen molar-refractivity contribution in [3.05, 3.63) is 51.6 Å². The molecule has 0 aliphatic carbocycles. The fraction of sp³-hybridized carbons (Fsp3) is 0.421. The molecule has 32 heavy (non-hydrogen) atoms. The largest absolute Gasteiger partial charge is 0.459 e. The minimum absolute atomic E-state index is 0.0234. The number of likely N-dealkylation sites (N-methyl/N-ethyl adjacent to an activating group) is 1. The topological polar surface area (TPSA) is 110 Å². The monoisotopic (exact) mass is 459 g/mol. The van der Waals surface area contributed by atoms with Crippen molar-refractivity contribution in [1.29, 1.82) is 0 Å². The van der Waals surface area contributed by atoms with Crippen molar-refractivity contribution in [3.63, 3.8) is 0 Å². The lowest BCUT2D eigenvalue weighted by molar-refractivity contribution is -0.383. The highest BCUT2D eigenvalue weighted by Crippen LogP contribution is 2.33. The van der Waals surface area contributed by atoms with Gasteiger partial charge in [0.2, 0.25) is 11.6 Å². The maximum atomic E-state index is 13.5. The van der Waals surface area contributed by atoms with E-state index in [0.29, 0.717) is 12.1 Å². The van der Waals surface area contributed by atoms with Gasteiger partial charge in [0.1, 0.15) is 24.3 Å². The number of hydrogen-bond acceptors (Lipinski definition) is 8. The molecule has 0 atom stereocenters. The average Bonchev–Trinajstić information content (AvgIpc) is 2.64. The van der Waals surface area contributed by atoms with E-state index in [2.05, 4.69) is 15.3 Å². The second-order valence-corrected chi connectivity index (χ2v) is 7.76. The number of hydrogen-bond donors (Lipinski definition) is 1. The molecular weight excluding hydrogens is 438 g/mol. The number of nitrogens with zero attached hydrogens (tertiary/aromatic N) is 4. The Morgan fingerprint density at radius 1 is 1.25 bits per heavy atom. The molecule has 174 valence electrons. The van der Waals surface area contributed by atoms with E-state index in [9.17, 15) is 32.5 Å². The molecule has 0 spiro atoms. The van der Waals surface area contributed by atoms with Crippen LogP contribution in [-0.4, -0.2) is 40.1 Å². The minimum Gasteiger partial charge on any atom is -0.459 e. The number of rotatable bonds is 7. The molecule has 0 saturated heterocycles. The van der Waals surface area contributed by atoms with E-state index < -0.39 is 39.7 Å². The zero-order valence-electron chi connectivity index (χ0n) is 17.7. The predicted octanol–water partition coefficient (Wildman–Crippen LogP) is 3.93. The second kappa shape index (κ2) is 9.32. The van der Waals surface area contributed by atoms with E-state index in [0.717, 1.165) is 12.4 Å². The number of aromatic nitrogens is 2. The quantitative estimate of drug-likeness (QED) is 0.287. The van der Waals surface area contributed by atoms with Crippen molar-refractivity contribution < 1.29 is 32.0 Å². The van der Waals surface area contributed by atoms with Gasteiger partial charge in [-0.05, 0) is 38.5 Å². The normalized spacial score (nSPS) is 11.8. The molecule has 13 heteroatoms. The van der Waals surface area contributed by atoms with E-state index in [-0.39, 0.29) is 30.3 Å². The van der Waals surface area contributed by atoms with Crippen molar-refractivity contribution in [2.75, 3.05) is 23.8 Å². The summed E-state index contributed by atoms with van der Waals surface area (Å²) < 4.78 is 57.3. The van der Waals surface area contributed by atoms with Crippen LogP contribution in [0.2, 0.25) is 0 Å². The summed E-state index contributed by atoms with van der Waals surface area (Å²) in [5.41, 5.74) is -2.77. The first-order valence-electron chi connectivity index (χ1n) is 9.21. The highest BCUT2D eigenvalue weighted by molar-refractivity contribution is 5.78. The standard InChI is InChI=1S/C19H21F4N5O4/c1-18(2,3)32-14(29)9-27(4)17-15(28(30)31)16(25-10-26-17)24-8-11-5-6-13(20)12(7-11)19(21,22)23/h5-7,10H,8-9H2,1-4H3,(H,24,25,26). The molecule has 0 bridgehead atoms. The fourth-order valence-electron chi connectivity index (χ4n) is 2.67. The molecule has 1 heterocycles. The maximum Gasteiger partial charge on any atom is 0.419 e. The first-order chi connectivity index (χ1) is 14.7. The second-order valence-electron chi connectivity index (χ2n) is 7.76. The lowest BCUT2D eigenvalue weighted by Gasteiger charge is -2.23. The number of halogens is 4. The average molecular weight is 459 g/mol. The van der Waals surface area contributed by atoms with Crippen LogP contribution in [0.15, 0.2) is 24.5 Å². The lowest BCUT2D eigenvalue weighted by Crippen LogP contribution is -2.33. The molecule has 0 fully saturated rings. The van der Waals surface area contributed by atoms with Crippen molar-refractivity contribution in [2.45, 2.75) is 39.1 Å². The van der Waals surface area contributed by atoms with Crippen LogP contribution >= 0.6 is 0 Å². The zero-order valence-corrected chi connectivity index (χ0v) is 17.7. The van der Waals surface area contributed by atoms with Crippen LogP contribution in [0.1, 0.15) is 31.9 Å². The molecule has 2 aromatic rings. The Hall–Kier alpha value is -3.51. The Morgan fingerprint density at radius 3 is 2.47 bits per heavy atom. The molecule has 0 unspecified atom stereocenters. The third kappa shape index (κ3) is 6.49. The summed E-state index contributed by atoms with van der Waals surface area (Å²) in [4.78, 5) is 31.7. The number of esters is 1. The molecule has 0 aliphatic heterocycles. The Morgan fingerprint density at radius 2 is 1.91 bits per heavy atom. The lowest BCUT2D eigenvalue weighted by atomic mass is 10.1. The van der Waals surface area contributed by atoms with Crippen LogP contribution in [0.4, 0.5) is 34.9 Å². The van der Waals surface area contributed by atoms with Gasteiger partial charge in [0, 0.05) is 13.6 Å². The number of nitrogens with one attached hydrogen (secondary N) is 1. The Bertz CT molecular complexity index is 1010. The van der Waals surface area contributed by atoms with Crippen molar-refractivity contribution in [3.8, 4) is 0 Å². The van der Waals surface area contributed by atoms with Crippen LogP contribution < -0.4 is 10.2 Å². The fourth-order valence-corrected chi connectivity index (χ4v) is 2.67. The number of carbonyl (C=O) groups is 1. The van der Waals surface area contributed by atoms with Crippen LogP contribution in [0.25, 0.3) is 0 Å². The summed E-state index contributed by atoms with van der Waals surface area (Å²) in [6.45, 7) is 4.34. The molecule has 1 N–H and O–H groups in total. The molecule has 0 saturated carbocycles. The van der Waals surface area contributed by atoms with Gasteiger partial charge < -0.3 is 15.0 Å². The van der Waals surface area contributed by atoms with Crippen LogP contribution in [0.3, 0.4) is 0 Å². The molecule has 2 rings (SSSR count). The van der Waals surface area contributed by atoms with Crippen LogP contribution in [-0.2, 0) is 22.3 Å². The van der Waals surface area contributed by atoms with Gasteiger partial charge in [-0.15, -0.1) is 0 Å². The molecule has 0 amide bonds. The van der Waals surface area contributed by atoms with Crippen LogP contribution in [0.5, 0.6) is 0 Å². The van der Waals surface area contributed by atoms with Gasteiger partial charge in [-0.3, -0.25) is 14.9 Å². The number of alkyl halides is 3. The van der Waals surface area contributed by atoms with Crippen molar-refractivity contribution in [1.82, 2.24) is 9.97 Å². The van der Waals surface area contributed by atoms with Gasteiger partial charge in [-0.2, -0.15) is 13.2 Å². The first-order valence-corrected chi connectivity index (χ1v) is 9.21. The van der Waals surface area contributed by atoms with Crippen LogP contribution in [0, 0.1) is 15.9 Å². The van der Waals surface area contributed by atoms with E-state index in [1.54, 1.807) is 20.8 Å². The Labute approximate surface area is 180 Å². The zero-order chi connectivity index (χ0) is 24.3. The number of anilines is 2. The van der Waals surface area contributed by atoms with Gasteiger partial charge in [0.25, 0.3) is 0 Å². The number of benzene rings is 1. The number of carbonyl (C=O) groups excluding carboxylic acids is 1. The molecule has 1 aromatic heterocycles. The Balaban J connectivity index is 2.27. The molecule has 0 aliphatic rings. The molecule has 0 radical (unpaired) electrons. The van der Waals surface area contributed by atoms with E-state index in [4.69, 9.17) is 4.74 Å².